The maximum absolute atomic E-state index is 3.84. The van der Waals surface area contributed by atoms with Gasteiger partial charge in [0.15, 0.2) is 0 Å². The van der Waals surface area contributed by atoms with Crippen molar-refractivity contribution in [3.05, 3.63) is 30.3 Å². The predicted octanol–water partition coefficient (Wildman–Crippen LogP) is 1.41. The number of aryl methyl sites for hydroxylation is 1. The van der Waals surface area contributed by atoms with Gasteiger partial charge in [0, 0.05) is 24.2 Å². The summed E-state index contributed by atoms with van der Waals surface area (Å²) in [6.45, 7) is 0.841. The van der Waals surface area contributed by atoms with Crippen molar-refractivity contribution in [3.63, 3.8) is 0 Å². The normalized spacial score (nSPS) is 10.3. The first-order chi connectivity index (χ1) is 7.86. The topological polar surface area (TPSA) is 55.6 Å². The Kier molecular flexibility index (Phi) is 3.76. The molecule has 1 aromatic heterocycles. The van der Waals surface area contributed by atoms with Crippen LogP contribution < -0.4 is 5.32 Å². The number of benzene rings is 1. The molecule has 0 atom stereocenters. The second-order valence-corrected chi connectivity index (χ2v) is 4.38. The lowest BCUT2D eigenvalue weighted by molar-refractivity contribution is 0.713. The first-order valence-electron chi connectivity index (χ1n) is 5.00. The number of rotatable bonds is 5. The number of anilines is 1. The van der Waals surface area contributed by atoms with Crippen LogP contribution in [-0.2, 0) is 7.05 Å². The Bertz CT molecular complexity index is 428. The number of aromatic nitrogens is 4. The molecule has 1 aromatic carbocycles. The molecular formula is C10H13N5S. The van der Waals surface area contributed by atoms with E-state index < -0.39 is 0 Å². The zero-order valence-electron chi connectivity index (χ0n) is 9.00. The van der Waals surface area contributed by atoms with Crippen LogP contribution in [-0.4, -0.2) is 32.5 Å². The van der Waals surface area contributed by atoms with E-state index in [0.717, 1.165) is 12.3 Å². The van der Waals surface area contributed by atoms with Gasteiger partial charge in [0.1, 0.15) is 0 Å². The maximum Gasteiger partial charge on any atom is 0.242 e. The summed E-state index contributed by atoms with van der Waals surface area (Å²) in [6, 6.07) is 10.3. The Balaban J connectivity index is 1.72. The third kappa shape index (κ3) is 2.96. The summed E-state index contributed by atoms with van der Waals surface area (Å²) in [5.74, 6) is 1.69. The van der Waals surface area contributed by atoms with Crippen LogP contribution in [0.1, 0.15) is 0 Å². The molecule has 0 saturated carbocycles. The molecule has 16 heavy (non-hydrogen) atoms. The second kappa shape index (κ2) is 5.50. The van der Waals surface area contributed by atoms with E-state index >= 15 is 0 Å². The lowest BCUT2D eigenvalue weighted by Gasteiger charge is -2.03. The van der Waals surface area contributed by atoms with E-state index in [9.17, 15) is 0 Å². The van der Waals surface area contributed by atoms with Gasteiger partial charge in [-0.15, -0.1) is 11.8 Å². The van der Waals surface area contributed by atoms with Crippen LogP contribution in [0.2, 0.25) is 0 Å². The quantitative estimate of drug-likeness (QED) is 0.627. The molecule has 0 spiro atoms. The molecule has 1 heterocycles. The van der Waals surface area contributed by atoms with Gasteiger partial charge in [0.25, 0.3) is 0 Å². The van der Waals surface area contributed by atoms with Crippen molar-refractivity contribution in [1.82, 2.24) is 20.2 Å². The van der Waals surface area contributed by atoms with Crippen LogP contribution in [0, 0.1) is 0 Å². The Hall–Kier alpha value is -1.56. The summed E-state index contributed by atoms with van der Waals surface area (Å²) in [6.07, 6.45) is 0. The second-order valence-electron chi connectivity index (χ2n) is 3.21. The SMILES string of the molecule is Cn1nnnc1NCCSc1ccccc1. The van der Waals surface area contributed by atoms with Crippen molar-refractivity contribution in [3.8, 4) is 0 Å². The molecule has 0 unspecified atom stereocenters. The highest BCUT2D eigenvalue weighted by Gasteiger charge is 1.99. The van der Waals surface area contributed by atoms with Crippen LogP contribution in [0.4, 0.5) is 5.95 Å². The van der Waals surface area contributed by atoms with Crippen LogP contribution in [0.3, 0.4) is 0 Å². The van der Waals surface area contributed by atoms with Gasteiger partial charge in [-0.2, -0.15) is 0 Å². The van der Waals surface area contributed by atoms with Gasteiger partial charge in [-0.25, -0.2) is 4.68 Å². The van der Waals surface area contributed by atoms with Crippen molar-refractivity contribution < 1.29 is 0 Å². The number of nitrogens with one attached hydrogen (secondary N) is 1. The smallest absolute Gasteiger partial charge is 0.242 e. The molecule has 0 fully saturated rings. The Labute approximate surface area is 98.2 Å². The van der Waals surface area contributed by atoms with Crippen molar-refractivity contribution in [2.24, 2.45) is 7.05 Å². The molecule has 0 saturated heterocycles. The maximum atomic E-state index is 3.84. The molecule has 0 bridgehead atoms. The zero-order valence-corrected chi connectivity index (χ0v) is 9.81. The molecule has 0 aliphatic carbocycles. The highest BCUT2D eigenvalue weighted by Crippen LogP contribution is 2.16. The van der Waals surface area contributed by atoms with Gasteiger partial charge < -0.3 is 5.32 Å². The van der Waals surface area contributed by atoms with Crippen molar-refractivity contribution in [2.75, 3.05) is 17.6 Å². The standard InChI is InChI=1S/C10H13N5S/c1-15-10(12-13-14-15)11-7-8-16-9-5-3-2-4-6-9/h2-6H,7-8H2,1H3,(H,11,12,14). The first-order valence-corrected chi connectivity index (χ1v) is 5.99. The lowest BCUT2D eigenvalue weighted by Crippen LogP contribution is -2.09. The molecule has 6 heteroatoms. The molecule has 2 aromatic rings. The molecular weight excluding hydrogens is 222 g/mol. The Morgan fingerprint density at radius 1 is 1.31 bits per heavy atom. The van der Waals surface area contributed by atoms with Gasteiger partial charge in [-0.05, 0) is 22.6 Å². The third-order valence-electron chi connectivity index (χ3n) is 2.02. The highest BCUT2D eigenvalue weighted by atomic mass is 32.2. The van der Waals surface area contributed by atoms with Crippen molar-refractivity contribution >= 4 is 17.7 Å². The summed E-state index contributed by atoms with van der Waals surface area (Å²) >= 11 is 1.81. The number of nitrogens with zero attached hydrogens (tertiary/aromatic N) is 4. The van der Waals surface area contributed by atoms with Crippen LogP contribution in [0.15, 0.2) is 35.2 Å². The average Bonchev–Trinajstić information content (AvgIpc) is 2.72. The summed E-state index contributed by atoms with van der Waals surface area (Å²) in [4.78, 5) is 1.28. The Morgan fingerprint density at radius 2 is 2.12 bits per heavy atom. The number of thioether (sulfide) groups is 1. The minimum atomic E-state index is 0.702. The monoisotopic (exact) mass is 235 g/mol. The fourth-order valence-corrected chi connectivity index (χ4v) is 2.02. The fourth-order valence-electron chi connectivity index (χ4n) is 1.23. The average molecular weight is 235 g/mol. The van der Waals surface area contributed by atoms with Crippen molar-refractivity contribution in [1.29, 1.82) is 0 Å². The Morgan fingerprint density at radius 3 is 2.81 bits per heavy atom. The molecule has 0 aliphatic heterocycles. The summed E-state index contributed by atoms with van der Waals surface area (Å²) in [5, 5.41) is 14.3. The number of tetrazole rings is 1. The van der Waals surface area contributed by atoms with E-state index in [2.05, 4.69) is 33.0 Å². The molecule has 2 rings (SSSR count). The van der Waals surface area contributed by atoms with Gasteiger partial charge >= 0.3 is 0 Å². The summed E-state index contributed by atoms with van der Waals surface area (Å²) < 4.78 is 1.62. The van der Waals surface area contributed by atoms with E-state index in [1.165, 1.54) is 4.90 Å². The molecule has 0 radical (unpaired) electrons. The van der Waals surface area contributed by atoms with Crippen LogP contribution in [0.5, 0.6) is 0 Å². The molecule has 0 aliphatic rings. The minimum absolute atomic E-state index is 0.702. The molecule has 0 amide bonds. The lowest BCUT2D eigenvalue weighted by atomic mass is 10.4. The van der Waals surface area contributed by atoms with Crippen LogP contribution in [0.25, 0.3) is 0 Å². The van der Waals surface area contributed by atoms with E-state index in [0.29, 0.717) is 5.95 Å². The highest BCUT2D eigenvalue weighted by molar-refractivity contribution is 7.99. The summed E-state index contributed by atoms with van der Waals surface area (Å²) in [7, 11) is 1.81. The number of hydrogen-bond acceptors (Lipinski definition) is 5. The van der Waals surface area contributed by atoms with Gasteiger partial charge in [0.2, 0.25) is 5.95 Å². The van der Waals surface area contributed by atoms with Gasteiger partial charge in [-0.3, -0.25) is 0 Å². The molecule has 1 N–H and O–H groups in total. The molecule has 84 valence electrons. The van der Waals surface area contributed by atoms with E-state index in [1.54, 1.807) is 4.68 Å². The van der Waals surface area contributed by atoms with Crippen LogP contribution >= 0.6 is 11.8 Å². The van der Waals surface area contributed by atoms with E-state index in [-0.39, 0.29) is 0 Å². The largest absolute Gasteiger partial charge is 0.352 e. The predicted molar refractivity (Wildman–Crippen MR) is 64.5 cm³/mol. The summed E-state index contributed by atoms with van der Waals surface area (Å²) in [5.41, 5.74) is 0. The fraction of sp³-hybridized carbons (Fsp3) is 0.300. The van der Waals surface area contributed by atoms with Gasteiger partial charge in [-0.1, -0.05) is 23.3 Å². The zero-order chi connectivity index (χ0) is 11.2. The third-order valence-corrected chi connectivity index (χ3v) is 3.03. The first kappa shape index (κ1) is 10.9. The van der Waals surface area contributed by atoms with E-state index in [1.807, 2.05) is 37.0 Å². The van der Waals surface area contributed by atoms with Gasteiger partial charge in [0.05, 0.1) is 0 Å². The van der Waals surface area contributed by atoms with Crippen molar-refractivity contribution in [2.45, 2.75) is 4.90 Å². The molecule has 5 nitrogen and oxygen atoms in total. The minimum Gasteiger partial charge on any atom is -0.352 e. The van der Waals surface area contributed by atoms with E-state index in [4.69, 9.17) is 0 Å². The number of hydrogen-bond donors (Lipinski definition) is 1.